The Morgan fingerprint density at radius 1 is 1.25 bits per heavy atom. The molecule has 1 heterocycles. The molecule has 0 bridgehead atoms. The van der Waals surface area contributed by atoms with Crippen molar-refractivity contribution in [2.45, 2.75) is 25.7 Å². The summed E-state index contributed by atoms with van der Waals surface area (Å²) in [5.41, 5.74) is 0.572. The summed E-state index contributed by atoms with van der Waals surface area (Å²) < 4.78 is 0. The molecule has 0 aromatic heterocycles. The van der Waals surface area contributed by atoms with Crippen LogP contribution in [0.15, 0.2) is 18.2 Å². The molecule has 1 saturated heterocycles. The summed E-state index contributed by atoms with van der Waals surface area (Å²) >= 11 is 5.90. The molecule has 6 heteroatoms. The van der Waals surface area contributed by atoms with Gasteiger partial charge in [-0.15, -0.1) is 0 Å². The van der Waals surface area contributed by atoms with E-state index in [2.05, 4.69) is 10.2 Å². The van der Waals surface area contributed by atoms with E-state index in [-0.39, 0.29) is 10.6 Å². The molecule has 0 unspecified atom stereocenters. The van der Waals surface area contributed by atoms with E-state index in [9.17, 15) is 10.1 Å². The van der Waals surface area contributed by atoms with Crippen molar-refractivity contribution in [2.75, 3.05) is 31.5 Å². The number of rotatable bonds is 5. The van der Waals surface area contributed by atoms with Gasteiger partial charge >= 0.3 is 0 Å². The summed E-state index contributed by atoms with van der Waals surface area (Å²) in [6, 6.07) is 4.60. The maximum Gasteiger partial charge on any atom is 0.292 e. The van der Waals surface area contributed by atoms with Gasteiger partial charge in [-0.2, -0.15) is 0 Å². The Hall–Kier alpha value is -1.33. The van der Waals surface area contributed by atoms with Crippen molar-refractivity contribution in [3.05, 3.63) is 33.3 Å². The fraction of sp³-hybridized carbons (Fsp3) is 0.571. The van der Waals surface area contributed by atoms with Crippen LogP contribution < -0.4 is 5.32 Å². The van der Waals surface area contributed by atoms with Gasteiger partial charge in [-0.3, -0.25) is 10.1 Å². The number of nitrogens with one attached hydrogen (secondary N) is 1. The molecular formula is C14H20ClN3O2. The second kappa shape index (κ2) is 7.45. The fourth-order valence-electron chi connectivity index (χ4n) is 2.52. The molecule has 1 aliphatic rings. The van der Waals surface area contributed by atoms with E-state index in [0.717, 1.165) is 19.6 Å². The van der Waals surface area contributed by atoms with Crippen molar-refractivity contribution >= 4 is 23.0 Å². The average molecular weight is 298 g/mol. The standard InChI is InChI=1S/C14H20ClN3O2/c15-12-5-6-14(18(19)20)13(11-12)16-7-10-17-8-3-1-2-4-9-17/h5-6,11,16H,1-4,7-10H2. The van der Waals surface area contributed by atoms with Crippen LogP contribution in [0.4, 0.5) is 11.4 Å². The van der Waals surface area contributed by atoms with E-state index in [4.69, 9.17) is 11.6 Å². The minimum Gasteiger partial charge on any atom is -0.378 e. The molecule has 0 amide bonds. The Bertz CT molecular complexity index is 460. The summed E-state index contributed by atoms with van der Waals surface area (Å²) in [4.78, 5) is 13.0. The quantitative estimate of drug-likeness (QED) is 0.667. The first-order valence-electron chi connectivity index (χ1n) is 7.07. The van der Waals surface area contributed by atoms with E-state index in [1.54, 1.807) is 12.1 Å². The summed E-state index contributed by atoms with van der Waals surface area (Å²) in [7, 11) is 0. The van der Waals surface area contributed by atoms with Gasteiger partial charge in [0, 0.05) is 24.2 Å². The molecule has 0 radical (unpaired) electrons. The fourth-order valence-corrected chi connectivity index (χ4v) is 2.69. The third-order valence-electron chi connectivity index (χ3n) is 3.60. The maximum absolute atomic E-state index is 11.0. The predicted octanol–water partition coefficient (Wildman–Crippen LogP) is 3.54. The van der Waals surface area contributed by atoms with Gasteiger partial charge in [0.2, 0.25) is 0 Å². The lowest BCUT2D eigenvalue weighted by Gasteiger charge is -2.20. The minimum absolute atomic E-state index is 0.0743. The van der Waals surface area contributed by atoms with Crippen LogP contribution in [0.25, 0.3) is 0 Å². The Morgan fingerprint density at radius 3 is 2.60 bits per heavy atom. The number of nitro groups is 1. The maximum atomic E-state index is 11.0. The number of benzene rings is 1. The van der Waals surface area contributed by atoms with Crippen molar-refractivity contribution in [3.63, 3.8) is 0 Å². The second-order valence-corrected chi connectivity index (χ2v) is 5.54. The highest BCUT2D eigenvalue weighted by molar-refractivity contribution is 6.31. The normalized spacial score (nSPS) is 16.6. The first kappa shape index (κ1) is 15.1. The topological polar surface area (TPSA) is 58.4 Å². The number of nitro benzene ring substituents is 1. The highest BCUT2D eigenvalue weighted by Gasteiger charge is 2.14. The van der Waals surface area contributed by atoms with E-state index < -0.39 is 0 Å². The molecule has 0 aliphatic carbocycles. The molecular weight excluding hydrogens is 278 g/mol. The lowest BCUT2D eigenvalue weighted by molar-refractivity contribution is -0.384. The molecule has 1 aliphatic heterocycles. The molecule has 0 saturated carbocycles. The highest BCUT2D eigenvalue weighted by atomic mass is 35.5. The Morgan fingerprint density at radius 2 is 1.95 bits per heavy atom. The van der Waals surface area contributed by atoms with Gasteiger partial charge in [0.25, 0.3) is 5.69 Å². The summed E-state index contributed by atoms with van der Waals surface area (Å²) in [6.07, 6.45) is 5.11. The lowest BCUT2D eigenvalue weighted by atomic mass is 10.2. The highest BCUT2D eigenvalue weighted by Crippen LogP contribution is 2.27. The van der Waals surface area contributed by atoms with Crippen LogP contribution in [-0.4, -0.2) is 36.0 Å². The molecule has 1 aromatic carbocycles. The third-order valence-corrected chi connectivity index (χ3v) is 3.83. The zero-order valence-electron chi connectivity index (χ0n) is 11.5. The Balaban J connectivity index is 1.89. The SMILES string of the molecule is O=[N+]([O-])c1ccc(Cl)cc1NCCN1CCCCCC1. The lowest BCUT2D eigenvalue weighted by Crippen LogP contribution is -2.30. The van der Waals surface area contributed by atoms with Crippen molar-refractivity contribution in [3.8, 4) is 0 Å². The first-order valence-corrected chi connectivity index (χ1v) is 7.45. The third kappa shape index (κ3) is 4.35. The molecule has 1 aromatic rings. The van der Waals surface area contributed by atoms with Crippen LogP contribution in [0.1, 0.15) is 25.7 Å². The van der Waals surface area contributed by atoms with Gasteiger partial charge in [-0.1, -0.05) is 24.4 Å². The van der Waals surface area contributed by atoms with Crippen LogP contribution >= 0.6 is 11.6 Å². The molecule has 20 heavy (non-hydrogen) atoms. The molecule has 1 N–H and O–H groups in total. The zero-order valence-corrected chi connectivity index (χ0v) is 12.2. The number of likely N-dealkylation sites (tertiary alicyclic amines) is 1. The van der Waals surface area contributed by atoms with Crippen molar-refractivity contribution in [1.29, 1.82) is 0 Å². The van der Waals surface area contributed by atoms with E-state index in [1.807, 2.05) is 0 Å². The largest absolute Gasteiger partial charge is 0.378 e. The minimum atomic E-state index is -0.384. The number of anilines is 1. The van der Waals surface area contributed by atoms with Gasteiger partial charge < -0.3 is 10.2 Å². The van der Waals surface area contributed by atoms with Crippen molar-refractivity contribution in [1.82, 2.24) is 4.90 Å². The predicted molar refractivity (Wildman–Crippen MR) is 81.5 cm³/mol. The number of hydrogen-bond acceptors (Lipinski definition) is 4. The summed E-state index contributed by atoms with van der Waals surface area (Å²) in [6.45, 7) is 3.85. The molecule has 0 spiro atoms. The van der Waals surface area contributed by atoms with E-state index in [1.165, 1.54) is 31.7 Å². The van der Waals surface area contributed by atoms with Gasteiger partial charge in [0.1, 0.15) is 5.69 Å². The van der Waals surface area contributed by atoms with Gasteiger partial charge in [0.15, 0.2) is 0 Å². The summed E-state index contributed by atoms with van der Waals surface area (Å²) in [5, 5.41) is 14.6. The van der Waals surface area contributed by atoms with E-state index >= 15 is 0 Å². The van der Waals surface area contributed by atoms with Gasteiger partial charge in [-0.05, 0) is 38.1 Å². The van der Waals surface area contributed by atoms with Crippen molar-refractivity contribution < 1.29 is 4.92 Å². The van der Waals surface area contributed by atoms with Crippen LogP contribution in [0, 0.1) is 10.1 Å². The Kier molecular flexibility index (Phi) is 5.61. The van der Waals surface area contributed by atoms with Crippen LogP contribution in [0.5, 0.6) is 0 Å². The molecule has 5 nitrogen and oxygen atoms in total. The van der Waals surface area contributed by atoms with Gasteiger partial charge in [0.05, 0.1) is 4.92 Å². The monoisotopic (exact) mass is 297 g/mol. The second-order valence-electron chi connectivity index (χ2n) is 5.10. The Labute approximate surface area is 124 Å². The zero-order chi connectivity index (χ0) is 14.4. The number of hydrogen-bond donors (Lipinski definition) is 1. The smallest absolute Gasteiger partial charge is 0.292 e. The van der Waals surface area contributed by atoms with Gasteiger partial charge in [-0.25, -0.2) is 0 Å². The molecule has 1 fully saturated rings. The average Bonchev–Trinajstić information content (AvgIpc) is 2.67. The van der Waals surface area contributed by atoms with E-state index in [0.29, 0.717) is 17.3 Å². The first-order chi connectivity index (χ1) is 9.66. The summed E-state index contributed by atoms with van der Waals surface area (Å²) in [5.74, 6) is 0. The van der Waals surface area contributed by atoms with Crippen LogP contribution in [-0.2, 0) is 0 Å². The van der Waals surface area contributed by atoms with Crippen LogP contribution in [0.3, 0.4) is 0 Å². The van der Waals surface area contributed by atoms with Crippen molar-refractivity contribution in [2.24, 2.45) is 0 Å². The number of nitrogens with zero attached hydrogens (tertiary/aromatic N) is 2. The molecule has 110 valence electrons. The number of halogens is 1. The molecule has 0 atom stereocenters. The van der Waals surface area contributed by atoms with Crippen LogP contribution in [0.2, 0.25) is 5.02 Å². The molecule has 2 rings (SSSR count).